The van der Waals surface area contributed by atoms with Crippen LogP contribution < -0.4 is 4.74 Å². The zero-order chi connectivity index (χ0) is 25.9. The molecule has 0 N–H and O–H groups in total. The van der Waals surface area contributed by atoms with Gasteiger partial charge in [-0.25, -0.2) is 4.79 Å². The Morgan fingerprint density at radius 3 is 2.57 bits per heavy atom. The maximum absolute atomic E-state index is 12.2. The molecule has 0 fully saturated rings. The van der Waals surface area contributed by atoms with Gasteiger partial charge in [-0.05, 0) is 84.6 Å². The first-order valence-corrected chi connectivity index (χ1v) is 13.6. The van der Waals surface area contributed by atoms with E-state index in [-0.39, 0.29) is 5.97 Å². The van der Waals surface area contributed by atoms with Crippen molar-refractivity contribution >= 4 is 17.1 Å². The Bertz CT molecular complexity index is 1170. The number of rotatable bonds is 12. The lowest BCUT2D eigenvalue weighted by molar-refractivity contribution is -0.156. The van der Waals surface area contributed by atoms with Gasteiger partial charge in [-0.3, -0.25) is 0 Å². The van der Waals surface area contributed by atoms with Crippen LogP contribution in [0.2, 0.25) is 0 Å². The summed E-state index contributed by atoms with van der Waals surface area (Å²) >= 11 is 0. The van der Waals surface area contributed by atoms with E-state index in [2.05, 4.69) is 54.6 Å². The number of ether oxygens (including phenoxy) is 3. The summed E-state index contributed by atoms with van der Waals surface area (Å²) in [6, 6.07) is 16.7. The van der Waals surface area contributed by atoms with Crippen LogP contribution in [0.15, 0.2) is 84.5 Å². The Hall–Kier alpha value is -3.37. The normalized spacial score (nSPS) is 16.2. The molecule has 2 aliphatic carbocycles. The summed E-state index contributed by atoms with van der Waals surface area (Å²) in [7, 11) is 0. The quantitative estimate of drug-likeness (QED) is 0.224. The monoisotopic (exact) mass is 498 g/mol. The summed E-state index contributed by atoms with van der Waals surface area (Å²) in [4.78, 5) is 12.2. The molecule has 0 saturated carbocycles. The van der Waals surface area contributed by atoms with Crippen molar-refractivity contribution in [2.75, 3.05) is 19.8 Å². The van der Waals surface area contributed by atoms with Crippen LogP contribution in [0.3, 0.4) is 0 Å². The van der Waals surface area contributed by atoms with Crippen molar-refractivity contribution < 1.29 is 19.0 Å². The molecule has 0 spiro atoms. The summed E-state index contributed by atoms with van der Waals surface area (Å²) in [5, 5.41) is 0. The molecular weight excluding hydrogens is 460 g/mol. The molecule has 194 valence electrons. The molecule has 0 aromatic heterocycles. The molecular formula is C33H38O4. The van der Waals surface area contributed by atoms with Gasteiger partial charge in [0.1, 0.15) is 5.75 Å². The van der Waals surface area contributed by atoms with E-state index in [4.69, 9.17) is 14.2 Å². The van der Waals surface area contributed by atoms with Crippen molar-refractivity contribution in [2.45, 2.75) is 58.5 Å². The number of hydrogen-bond donors (Lipinski definition) is 0. The van der Waals surface area contributed by atoms with E-state index in [0.29, 0.717) is 26.2 Å². The topological polar surface area (TPSA) is 44.8 Å². The minimum atomic E-state index is -0.570. The Morgan fingerprint density at radius 1 is 0.973 bits per heavy atom. The maximum Gasteiger partial charge on any atom is 0.335 e. The van der Waals surface area contributed by atoms with Gasteiger partial charge in [0.15, 0.2) is 6.10 Å². The molecule has 0 radical (unpaired) electrons. The van der Waals surface area contributed by atoms with Crippen LogP contribution in [-0.4, -0.2) is 31.9 Å². The smallest absolute Gasteiger partial charge is 0.335 e. The van der Waals surface area contributed by atoms with Crippen LogP contribution in [0.25, 0.3) is 11.1 Å². The first-order chi connectivity index (χ1) is 18.2. The number of carbonyl (C=O) groups is 1. The highest BCUT2D eigenvalue weighted by atomic mass is 16.6. The van der Waals surface area contributed by atoms with Gasteiger partial charge in [-0.1, -0.05) is 73.7 Å². The van der Waals surface area contributed by atoms with Crippen LogP contribution >= 0.6 is 0 Å². The average molecular weight is 499 g/mol. The Morgan fingerprint density at radius 2 is 1.78 bits per heavy atom. The fourth-order valence-corrected chi connectivity index (χ4v) is 4.75. The van der Waals surface area contributed by atoms with E-state index >= 15 is 0 Å². The van der Waals surface area contributed by atoms with E-state index in [9.17, 15) is 4.79 Å². The zero-order valence-corrected chi connectivity index (χ0v) is 22.1. The molecule has 0 amide bonds. The van der Waals surface area contributed by atoms with Gasteiger partial charge < -0.3 is 14.2 Å². The highest BCUT2D eigenvalue weighted by Crippen LogP contribution is 2.37. The molecule has 0 heterocycles. The fraction of sp³-hybridized carbons (Fsp3) is 0.364. The zero-order valence-electron chi connectivity index (χ0n) is 22.1. The van der Waals surface area contributed by atoms with Gasteiger partial charge in [0.25, 0.3) is 0 Å². The SMILES string of the molecule is CCCOC(Cc1ccc(OCCCC=C2C=CC3=C(CCC=C3)c3ccccc32)cc1)C(=O)OCC. The van der Waals surface area contributed by atoms with E-state index in [0.717, 1.165) is 43.4 Å². The third-order valence-corrected chi connectivity index (χ3v) is 6.61. The largest absolute Gasteiger partial charge is 0.494 e. The van der Waals surface area contributed by atoms with Crippen molar-refractivity contribution in [1.29, 1.82) is 0 Å². The predicted octanol–water partition coefficient (Wildman–Crippen LogP) is 7.50. The third kappa shape index (κ3) is 7.33. The van der Waals surface area contributed by atoms with Crippen molar-refractivity contribution in [2.24, 2.45) is 0 Å². The van der Waals surface area contributed by atoms with Gasteiger partial charge in [-0.15, -0.1) is 0 Å². The molecule has 4 nitrogen and oxygen atoms in total. The van der Waals surface area contributed by atoms with Crippen LogP contribution in [0, 0.1) is 0 Å². The van der Waals surface area contributed by atoms with Crippen molar-refractivity contribution in [3.05, 3.63) is 101 Å². The van der Waals surface area contributed by atoms with Crippen molar-refractivity contribution in [3.8, 4) is 5.75 Å². The number of hydrogen-bond acceptors (Lipinski definition) is 4. The molecule has 0 bridgehead atoms. The highest BCUT2D eigenvalue weighted by Gasteiger charge is 2.21. The summed E-state index contributed by atoms with van der Waals surface area (Å²) in [6.45, 7) is 5.38. The predicted molar refractivity (Wildman–Crippen MR) is 150 cm³/mol. The Balaban J connectivity index is 1.29. The molecule has 0 saturated heterocycles. The minimum Gasteiger partial charge on any atom is -0.494 e. The lowest BCUT2D eigenvalue weighted by Gasteiger charge is -2.16. The summed E-state index contributed by atoms with van der Waals surface area (Å²) in [6.07, 6.45) is 16.2. The van der Waals surface area contributed by atoms with Crippen molar-refractivity contribution in [3.63, 3.8) is 0 Å². The summed E-state index contributed by atoms with van der Waals surface area (Å²) in [5.41, 5.74) is 7.77. The molecule has 37 heavy (non-hydrogen) atoms. The van der Waals surface area contributed by atoms with E-state index in [1.54, 1.807) is 0 Å². The van der Waals surface area contributed by atoms with Crippen LogP contribution in [0.5, 0.6) is 5.75 Å². The molecule has 2 aliphatic rings. The molecule has 0 aliphatic heterocycles. The van der Waals surface area contributed by atoms with Crippen molar-refractivity contribution in [1.82, 2.24) is 0 Å². The molecule has 4 rings (SSSR count). The van der Waals surface area contributed by atoms with Gasteiger partial charge in [-0.2, -0.15) is 0 Å². The van der Waals surface area contributed by atoms with E-state index in [1.807, 2.05) is 38.1 Å². The fourth-order valence-electron chi connectivity index (χ4n) is 4.75. The van der Waals surface area contributed by atoms with Crippen LogP contribution in [-0.2, 0) is 20.7 Å². The summed E-state index contributed by atoms with van der Waals surface area (Å²) in [5.74, 6) is 0.533. The second kappa shape index (κ2) is 13.8. The van der Waals surface area contributed by atoms with Gasteiger partial charge in [0.2, 0.25) is 0 Å². The number of fused-ring (bicyclic) bond motifs is 2. The van der Waals surface area contributed by atoms with Crippen LogP contribution in [0.1, 0.15) is 62.6 Å². The van der Waals surface area contributed by atoms with Crippen LogP contribution in [0.4, 0.5) is 0 Å². The van der Waals surface area contributed by atoms with E-state index < -0.39 is 6.10 Å². The lowest BCUT2D eigenvalue weighted by Crippen LogP contribution is -2.29. The molecule has 1 unspecified atom stereocenters. The first-order valence-electron chi connectivity index (χ1n) is 13.6. The Kier molecular flexibility index (Phi) is 9.96. The third-order valence-electron chi connectivity index (χ3n) is 6.61. The molecule has 2 aromatic rings. The number of allylic oxidation sites excluding steroid dienone is 8. The number of carbonyl (C=O) groups excluding carboxylic acids is 1. The Labute approximate surface area is 221 Å². The minimum absolute atomic E-state index is 0.302. The first kappa shape index (κ1) is 26.7. The number of esters is 1. The average Bonchev–Trinajstić information content (AvgIpc) is 3.09. The summed E-state index contributed by atoms with van der Waals surface area (Å²) < 4.78 is 16.9. The second-order valence-electron chi connectivity index (χ2n) is 9.36. The maximum atomic E-state index is 12.2. The molecule has 1 atom stereocenters. The van der Waals surface area contributed by atoms with Gasteiger partial charge >= 0.3 is 5.97 Å². The highest BCUT2D eigenvalue weighted by molar-refractivity contribution is 5.89. The van der Waals surface area contributed by atoms with Gasteiger partial charge in [0.05, 0.1) is 13.2 Å². The van der Waals surface area contributed by atoms with E-state index in [1.165, 1.54) is 27.8 Å². The second-order valence-corrected chi connectivity index (χ2v) is 9.36. The molecule has 4 heteroatoms. The lowest BCUT2D eigenvalue weighted by atomic mass is 9.89. The molecule has 2 aromatic carbocycles. The standard InChI is InChI=1S/C33H38O4/c1-3-22-37-32(33(34)35-4-2)24-25-16-20-28(21-17-25)36-23-10-9-12-27-19-18-26-11-5-6-13-29(26)31-15-8-7-14-30(27)31/h5,7-8,11-12,14-21,32H,3-4,6,9-10,13,22-24H2,1-2H3. The number of unbranched alkanes of at least 4 members (excludes halogenated alkanes) is 1. The number of benzene rings is 2. The van der Waals surface area contributed by atoms with Gasteiger partial charge in [0, 0.05) is 13.0 Å².